The van der Waals surface area contributed by atoms with Crippen LogP contribution in [-0.4, -0.2) is 24.3 Å². The van der Waals surface area contributed by atoms with Crippen LogP contribution < -0.4 is 10.9 Å². The number of anilines is 1. The van der Waals surface area contributed by atoms with Gasteiger partial charge in [0.05, 0.1) is 11.9 Å². The normalized spacial score (nSPS) is 10.8. The predicted octanol–water partition coefficient (Wildman–Crippen LogP) is 4.55. The van der Waals surface area contributed by atoms with Crippen molar-refractivity contribution >= 4 is 22.5 Å². The number of nitrogens with zero attached hydrogens (tertiary/aromatic N) is 4. The van der Waals surface area contributed by atoms with Crippen LogP contribution in [0.2, 0.25) is 0 Å². The number of halogens is 2. The lowest BCUT2D eigenvalue weighted by molar-refractivity contribution is 0.618. The van der Waals surface area contributed by atoms with E-state index < -0.39 is 17.2 Å². The van der Waals surface area contributed by atoms with E-state index in [-0.39, 0.29) is 12.1 Å². The maximum atomic E-state index is 13.9. The van der Waals surface area contributed by atoms with Crippen LogP contribution in [-0.2, 0) is 6.54 Å². The molecule has 0 spiro atoms. The van der Waals surface area contributed by atoms with Gasteiger partial charge in [-0.25, -0.2) is 23.7 Å². The summed E-state index contributed by atoms with van der Waals surface area (Å²) in [6, 6.07) is 10.3. The van der Waals surface area contributed by atoms with Gasteiger partial charge in [-0.15, -0.1) is 0 Å². The molecule has 1 aromatic carbocycles. The van der Waals surface area contributed by atoms with E-state index in [1.54, 1.807) is 12.1 Å². The summed E-state index contributed by atoms with van der Waals surface area (Å²) in [6.07, 6.45) is 4.02. The van der Waals surface area contributed by atoms with Crippen LogP contribution in [0.15, 0.2) is 66.1 Å². The summed E-state index contributed by atoms with van der Waals surface area (Å²) in [5.74, 6) is -0.490. The minimum atomic E-state index is -0.539. The van der Waals surface area contributed by atoms with E-state index in [2.05, 4.69) is 25.3 Å². The Morgan fingerprint density at radius 3 is 2.69 bits per heavy atom. The summed E-state index contributed by atoms with van der Waals surface area (Å²) in [5.41, 5.74) is 2.51. The molecule has 5 aromatic rings. The van der Waals surface area contributed by atoms with Gasteiger partial charge in [-0.05, 0) is 41.5 Å². The van der Waals surface area contributed by atoms with Crippen molar-refractivity contribution in [1.29, 1.82) is 0 Å². The van der Waals surface area contributed by atoms with Crippen molar-refractivity contribution in [1.82, 2.24) is 24.3 Å². The third-order valence-corrected chi connectivity index (χ3v) is 4.80. The highest BCUT2D eigenvalue weighted by Crippen LogP contribution is 2.24. The maximum Gasteiger partial charge on any atom is 0.263 e. The highest BCUT2D eigenvalue weighted by Gasteiger charge is 2.15. The average molecular weight is 434 g/mol. The summed E-state index contributed by atoms with van der Waals surface area (Å²) < 4.78 is 28.8. The van der Waals surface area contributed by atoms with Crippen molar-refractivity contribution in [2.45, 2.75) is 20.4 Å². The predicted molar refractivity (Wildman–Crippen MR) is 119 cm³/mol. The quantitative estimate of drug-likeness (QED) is 0.433. The van der Waals surface area contributed by atoms with Crippen LogP contribution in [0.1, 0.15) is 19.4 Å². The number of imidazole rings is 1. The fourth-order valence-electron chi connectivity index (χ4n) is 3.46. The van der Waals surface area contributed by atoms with Crippen molar-refractivity contribution in [2.24, 2.45) is 0 Å². The van der Waals surface area contributed by atoms with E-state index >= 15 is 0 Å². The first-order chi connectivity index (χ1) is 15.6. The first-order valence-electron chi connectivity index (χ1n) is 10.1. The highest BCUT2D eigenvalue weighted by molar-refractivity contribution is 5.82. The summed E-state index contributed by atoms with van der Waals surface area (Å²) in [4.78, 5) is 28.6. The van der Waals surface area contributed by atoms with Crippen LogP contribution in [0.3, 0.4) is 0 Å². The fraction of sp³-hybridized carbons (Fsp3) is 0.130. The molecule has 0 atom stereocenters. The largest absolute Gasteiger partial charge is 0.364 e. The molecule has 32 heavy (non-hydrogen) atoms. The second-order valence-electron chi connectivity index (χ2n) is 6.68. The van der Waals surface area contributed by atoms with E-state index in [0.717, 1.165) is 6.20 Å². The molecule has 0 aliphatic rings. The molecule has 0 amide bonds. The summed E-state index contributed by atoms with van der Waals surface area (Å²) >= 11 is 0. The van der Waals surface area contributed by atoms with Gasteiger partial charge < -0.3 is 10.3 Å². The summed E-state index contributed by atoms with van der Waals surface area (Å²) in [6.45, 7) is 4.22. The van der Waals surface area contributed by atoms with Crippen molar-refractivity contribution in [2.75, 3.05) is 5.32 Å². The molecular formula is C23H20F2N6O. The maximum absolute atomic E-state index is 13.9. The molecule has 0 radical (unpaired) electrons. The van der Waals surface area contributed by atoms with Gasteiger partial charge in [-0.3, -0.25) is 9.20 Å². The average Bonchev–Trinajstić information content (AvgIpc) is 3.29. The minimum Gasteiger partial charge on any atom is -0.364 e. The van der Waals surface area contributed by atoms with Gasteiger partial charge in [0.1, 0.15) is 23.5 Å². The topological polar surface area (TPSA) is 88.0 Å². The molecule has 9 heteroatoms. The molecule has 4 heterocycles. The van der Waals surface area contributed by atoms with E-state index in [4.69, 9.17) is 0 Å². The molecule has 0 fully saturated rings. The van der Waals surface area contributed by atoms with Gasteiger partial charge >= 0.3 is 0 Å². The molecule has 0 unspecified atom stereocenters. The lowest BCUT2D eigenvalue weighted by Crippen LogP contribution is -2.19. The number of aromatic nitrogens is 5. The monoisotopic (exact) mass is 434 g/mol. The molecule has 0 bridgehead atoms. The van der Waals surface area contributed by atoms with Gasteiger partial charge in [0.25, 0.3) is 5.56 Å². The van der Waals surface area contributed by atoms with Crippen LogP contribution in [0.4, 0.5) is 14.6 Å². The number of pyridine rings is 2. The Kier molecular flexibility index (Phi) is 5.89. The third-order valence-electron chi connectivity index (χ3n) is 4.80. The van der Waals surface area contributed by atoms with Crippen molar-refractivity contribution in [3.8, 4) is 11.1 Å². The van der Waals surface area contributed by atoms with Gasteiger partial charge in [0.2, 0.25) is 0 Å². The Morgan fingerprint density at radius 2 is 1.88 bits per heavy atom. The van der Waals surface area contributed by atoms with Gasteiger partial charge in [-0.1, -0.05) is 26.0 Å². The van der Waals surface area contributed by atoms with Crippen molar-refractivity contribution in [3.63, 3.8) is 0 Å². The summed E-state index contributed by atoms with van der Waals surface area (Å²) in [7, 11) is 0. The number of nitrogens with one attached hydrogen (secondary N) is 2. The zero-order valence-corrected chi connectivity index (χ0v) is 17.4. The lowest BCUT2D eigenvalue weighted by atomic mass is 10.0. The van der Waals surface area contributed by atoms with Gasteiger partial charge in [0, 0.05) is 18.3 Å². The van der Waals surface area contributed by atoms with Crippen LogP contribution in [0, 0.1) is 11.6 Å². The second-order valence-corrected chi connectivity index (χ2v) is 6.68. The smallest absolute Gasteiger partial charge is 0.263 e. The SMILES string of the molecule is CC.O=c1c(-c2cccc(F)c2)c(CNc2ncnc3nc[nH]c23)cc2ccc(F)cn12. The van der Waals surface area contributed by atoms with E-state index in [1.165, 1.54) is 47.4 Å². The Bertz CT molecular complexity index is 1460. The molecule has 0 aliphatic heterocycles. The Hall–Kier alpha value is -4.14. The highest BCUT2D eigenvalue weighted by atomic mass is 19.1. The number of benzene rings is 1. The second kappa shape index (κ2) is 8.93. The van der Waals surface area contributed by atoms with Crippen molar-refractivity contribution in [3.05, 3.63) is 88.9 Å². The Balaban J connectivity index is 0.00000119. The molecule has 5 rings (SSSR count). The van der Waals surface area contributed by atoms with Crippen LogP contribution in [0.25, 0.3) is 27.8 Å². The minimum absolute atomic E-state index is 0.222. The fourth-order valence-corrected chi connectivity index (χ4v) is 3.46. The van der Waals surface area contributed by atoms with E-state index in [1.807, 2.05) is 13.8 Å². The molecule has 0 saturated carbocycles. The van der Waals surface area contributed by atoms with E-state index in [0.29, 0.717) is 33.6 Å². The molecule has 0 saturated heterocycles. The van der Waals surface area contributed by atoms with Gasteiger partial charge in [-0.2, -0.15) is 0 Å². The molecule has 4 aromatic heterocycles. The molecule has 0 aliphatic carbocycles. The summed E-state index contributed by atoms with van der Waals surface area (Å²) in [5, 5.41) is 3.18. The van der Waals surface area contributed by atoms with E-state index in [9.17, 15) is 13.6 Å². The number of hydrogen-bond donors (Lipinski definition) is 2. The third kappa shape index (κ3) is 3.92. The first kappa shape index (κ1) is 21.1. The van der Waals surface area contributed by atoms with Gasteiger partial charge in [0.15, 0.2) is 11.5 Å². The number of H-pyrrole nitrogens is 1. The zero-order valence-electron chi connectivity index (χ0n) is 17.4. The van der Waals surface area contributed by atoms with Crippen molar-refractivity contribution < 1.29 is 8.78 Å². The van der Waals surface area contributed by atoms with Crippen LogP contribution >= 0.6 is 0 Å². The molecular weight excluding hydrogens is 414 g/mol. The Morgan fingerprint density at radius 1 is 1.03 bits per heavy atom. The zero-order chi connectivity index (χ0) is 22.7. The Labute approximate surface area is 181 Å². The molecule has 162 valence electrons. The lowest BCUT2D eigenvalue weighted by Gasteiger charge is -2.14. The molecule has 7 nitrogen and oxygen atoms in total. The number of fused-ring (bicyclic) bond motifs is 2. The standard InChI is InChI=1S/C21H14F2N6O.C2H6/c22-14-3-1-2-12(6-14)17-13(7-16-5-4-15(23)9-29(16)21(17)30)8-24-19-18-20(26-10-25-18)28-11-27-19;1-2/h1-7,9-11H,8H2,(H2,24,25,26,27,28);1-2H3. The number of rotatable bonds is 4. The molecule has 2 N–H and O–H groups in total. The number of hydrogen-bond acceptors (Lipinski definition) is 5. The first-order valence-corrected chi connectivity index (χ1v) is 10.1. The number of aromatic amines is 1. The van der Waals surface area contributed by atoms with Crippen LogP contribution in [0.5, 0.6) is 0 Å².